The number of nitrogens with one attached hydrogen (secondary N) is 1. The summed E-state index contributed by atoms with van der Waals surface area (Å²) in [5.41, 5.74) is 2.97. The number of carbonyl (C=O) groups is 2. The van der Waals surface area contributed by atoms with Crippen LogP contribution in [0, 0.1) is 6.92 Å². The molecule has 0 spiro atoms. The Morgan fingerprint density at radius 2 is 1.96 bits per heavy atom. The zero-order valence-electron chi connectivity index (χ0n) is 14.2. The molecule has 130 valence electrons. The first-order valence-electron chi connectivity index (χ1n) is 7.91. The van der Waals surface area contributed by atoms with Crippen molar-refractivity contribution in [2.75, 3.05) is 6.61 Å². The van der Waals surface area contributed by atoms with Gasteiger partial charge in [0.1, 0.15) is 0 Å². The van der Waals surface area contributed by atoms with Crippen LogP contribution in [-0.4, -0.2) is 18.5 Å². The van der Waals surface area contributed by atoms with Crippen molar-refractivity contribution in [1.29, 1.82) is 0 Å². The molecule has 2 aromatic carbocycles. The van der Waals surface area contributed by atoms with Crippen LogP contribution >= 0.6 is 15.9 Å². The lowest BCUT2D eigenvalue weighted by atomic mass is 10.1. The van der Waals surface area contributed by atoms with Gasteiger partial charge in [-0.3, -0.25) is 4.79 Å². The van der Waals surface area contributed by atoms with Crippen molar-refractivity contribution in [2.45, 2.75) is 19.9 Å². The first kappa shape index (κ1) is 18.9. The van der Waals surface area contributed by atoms with Gasteiger partial charge in [-0.25, -0.2) is 4.79 Å². The van der Waals surface area contributed by atoms with E-state index >= 15 is 0 Å². The summed E-state index contributed by atoms with van der Waals surface area (Å²) in [6.07, 6.45) is 2.98. The topological polar surface area (TPSA) is 55.4 Å². The summed E-state index contributed by atoms with van der Waals surface area (Å²) in [5.74, 6) is -0.897. The highest BCUT2D eigenvalue weighted by Crippen LogP contribution is 2.22. The summed E-state index contributed by atoms with van der Waals surface area (Å²) in [7, 11) is 0. The largest absolute Gasteiger partial charge is 0.452 e. The van der Waals surface area contributed by atoms with Crippen molar-refractivity contribution < 1.29 is 14.3 Å². The van der Waals surface area contributed by atoms with Gasteiger partial charge in [0.15, 0.2) is 6.61 Å². The molecule has 1 N–H and O–H groups in total. The van der Waals surface area contributed by atoms with Crippen LogP contribution in [0.3, 0.4) is 0 Å². The molecule has 0 unspecified atom stereocenters. The molecule has 0 aliphatic carbocycles. The number of halogens is 1. The molecule has 25 heavy (non-hydrogen) atoms. The Morgan fingerprint density at radius 3 is 2.68 bits per heavy atom. The summed E-state index contributed by atoms with van der Waals surface area (Å²) >= 11 is 3.45. The summed E-state index contributed by atoms with van der Waals surface area (Å²) < 4.78 is 5.89. The van der Waals surface area contributed by atoms with E-state index in [9.17, 15) is 9.59 Å². The third-order valence-electron chi connectivity index (χ3n) is 3.55. The number of amides is 1. The van der Waals surface area contributed by atoms with E-state index in [-0.39, 0.29) is 18.6 Å². The Balaban J connectivity index is 1.81. The smallest absolute Gasteiger partial charge is 0.331 e. The molecular formula is C20H20BrNO3. The maximum Gasteiger partial charge on any atom is 0.331 e. The lowest BCUT2D eigenvalue weighted by molar-refractivity contribution is -0.144. The molecule has 0 saturated carbocycles. The van der Waals surface area contributed by atoms with E-state index in [1.165, 1.54) is 6.08 Å². The molecule has 1 amide bonds. The molecule has 5 heteroatoms. The number of hydrogen-bond donors (Lipinski definition) is 1. The van der Waals surface area contributed by atoms with Crippen LogP contribution < -0.4 is 5.32 Å². The van der Waals surface area contributed by atoms with Crippen molar-refractivity contribution in [3.63, 3.8) is 0 Å². The second-order valence-corrected chi connectivity index (χ2v) is 6.52. The van der Waals surface area contributed by atoms with Crippen LogP contribution in [0.15, 0.2) is 59.1 Å². The highest BCUT2D eigenvalue weighted by molar-refractivity contribution is 9.10. The summed E-state index contributed by atoms with van der Waals surface area (Å²) in [4.78, 5) is 23.7. The first-order chi connectivity index (χ1) is 12.0. The van der Waals surface area contributed by atoms with Gasteiger partial charge in [-0.2, -0.15) is 0 Å². The number of aryl methyl sites for hydroxylation is 1. The molecular weight excluding hydrogens is 382 g/mol. The number of esters is 1. The van der Waals surface area contributed by atoms with Gasteiger partial charge in [0.2, 0.25) is 0 Å². The van der Waals surface area contributed by atoms with Gasteiger partial charge < -0.3 is 10.1 Å². The van der Waals surface area contributed by atoms with Crippen molar-refractivity contribution in [3.05, 3.63) is 75.8 Å². The summed E-state index contributed by atoms with van der Waals surface area (Å²) in [6, 6.07) is 15.2. The summed E-state index contributed by atoms with van der Waals surface area (Å²) in [6.45, 7) is 3.54. The quantitative estimate of drug-likeness (QED) is 0.582. The van der Waals surface area contributed by atoms with Crippen molar-refractivity contribution in [1.82, 2.24) is 5.32 Å². The molecule has 0 radical (unpaired) electrons. The summed E-state index contributed by atoms with van der Waals surface area (Å²) in [5, 5.41) is 2.80. The standard InChI is InChI=1S/C20H20BrNO3/c1-14-6-5-7-16(12-14)10-11-20(24)25-13-19(23)22-15(2)17-8-3-4-9-18(17)21/h3-12,15H,13H2,1-2H3,(H,22,23)/b11-10+/t15-/m1/s1. The third-order valence-corrected chi connectivity index (χ3v) is 4.27. The van der Waals surface area contributed by atoms with E-state index in [0.717, 1.165) is 21.2 Å². The van der Waals surface area contributed by atoms with E-state index in [1.54, 1.807) is 6.08 Å². The van der Waals surface area contributed by atoms with Crippen LogP contribution in [0.5, 0.6) is 0 Å². The van der Waals surface area contributed by atoms with E-state index < -0.39 is 5.97 Å². The van der Waals surface area contributed by atoms with E-state index in [1.807, 2.05) is 62.4 Å². The molecule has 2 rings (SSSR count). The van der Waals surface area contributed by atoms with Gasteiger partial charge in [0.05, 0.1) is 6.04 Å². The molecule has 0 fully saturated rings. The van der Waals surface area contributed by atoms with Crippen LogP contribution in [-0.2, 0) is 14.3 Å². The molecule has 0 bridgehead atoms. The van der Waals surface area contributed by atoms with Gasteiger partial charge in [-0.1, -0.05) is 64.0 Å². The van der Waals surface area contributed by atoms with Crippen LogP contribution in [0.25, 0.3) is 6.08 Å². The molecule has 0 aromatic heterocycles. The fraction of sp³-hybridized carbons (Fsp3) is 0.200. The predicted octanol–water partition coefficient (Wildman–Crippen LogP) is 4.19. The van der Waals surface area contributed by atoms with Crippen molar-refractivity contribution in [2.24, 2.45) is 0 Å². The Labute approximate surface area is 156 Å². The molecule has 1 atom stereocenters. The molecule has 0 heterocycles. The van der Waals surface area contributed by atoms with Crippen LogP contribution in [0.1, 0.15) is 29.7 Å². The molecule has 4 nitrogen and oxygen atoms in total. The zero-order valence-corrected chi connectivity index (χ0v) is 15.7. The minimum absolute atomic E-state index is 0.190. The minimum atomic E-state index is -0.551. The average Bonchev–Trinajstić information content (AvgIpc) is 2.58. The maximum absolute atomic E-state index is 11.9. The zero-order chi connectivity index (χ0) is 18.2. The number of rotatable bonds is 6. The molecule has 0 aliphatic rings. The average molecular weight is 402 g/mol. The lowest BCUT2D eigenvalue weighted by Crippen LogP contribution is -2.31. The van der Waals surface area contributed by atoms with Crippen molar-refractivity contribution in [3.8, 4) is 0 Å². The molecule has 2 aromatic rings. The Hall–Kier alpha value is -2.40. The monoisotopic (exact) mass is 401 g/mol. The van der Waals surface area contributed by atoms with Crippen molar-refractivity contribution >= 4 is 33.9 Å². The lowest BCUT2D eigenvalue weighted by Gasteiger charge is -2.15. The normalized spacial score (nSPS) is 12.0. The number of hydrogen-bond acceptors (Lipinski definition) is 3. The van der Waals surface area contributed by atoms with Crippen LogP contribution in [0.2, 0.25) is 0 Å². The molecule has 0 saturated heterocycles. The fourth-order valence-electron chi connectivity index (χ4n) is 2.31. The number of carbonyl (C=O) groups excluding carboxylic acids is 2. The first-order valence-corrected chi connectivity index (χ1v) is 8.70. The number of benzene rings is 2. The highest BCUT2D eigenvalue weighted by atomic mass is 79.9. The second-order valence-electron chi connectivity index (χ2n) is 5.67. The Bertz CT molecular complexity index is 786. The molecule has 0 aliphatic heterocycles. The van der Waals surface area contributed by atoms with Gasteiger partial charge in [0.25, 0.3) is 5.91 Å². The SMILES string of the molecule is Cc1cccc(/C=C/C(=O)OCC(=O)N[C@H](C)c2ccccc2Br)c1. The second kappa shape index (κ2) is 9.18. The Kier molecular flexibility index (Phi) is 6.95. The van der Waals surface area contributed by atoms with Gasteiger partial charge in [-0.05, 0) is 37.1 Å². The Morgan fingerprint density at radius 1 is 1.20 bits per heavy atom. The minimum Gasteiger partial charge on any atom is -0.452 e. The predicted molar refractivity (Wildman–Crippen MR) is 102 cm³/mol. The number of ether oxygens (including phenoxy) is 1. The van der Waals surface area contributed by atoms with Gasteiger partial charge in [-0.15, -0.1) is 0 Å². The van der Waals surface area contributed by atoms with E-state index in [2.05, 4.69) is 21.2 Å². The van der Waals surface area contributed by atoms with Gasteiger partial charge >= 0.3 is 5.97 Å². The fourth-order valence-corrected chi connectivity index (χ4v) is 2.94. The van der Waals surface area contributed by atoms with E-state index in [0.29, 0.717) is 0 Å². The van der Waals surface area contributed by atoms with Gasteiger partial charge in [0, 0.05) is 10.5 Å². The van der Waals surface area contributed by atoms with Crippen LogP contribution in [0.4, 0.5) is 0 Å². The third kappa shape index (κ3) is 6.19. The van der Waals surface area contributed by atoms with E-state index in [4.69, 9.17) is 4.74 Å². The maximum atomic E-state index is 11.9. The highest BCUT2D eigenvalue weighted by Gasteiger charge is 2.13.